The van der Waals surface area contributed by atoms with Crippen LogP contribution in [0.25, 0.3) is 0 Å². The Morgan fingerprint density at radius 2 is 1.75 bits per heavy atom. The van der Waals surface area contributed by atoms with Gasteiger partial charge in [-0.2, -0.15) is 0 Å². The number of rotatable bonds is 5. The average molecular weight is 401 g/mol. The number of likely N-dealkylation sites (tertiary alicyclic amines) is 1. The highest BCUT2D eigenvalue weighted by Gasteiger charge is 2.16. The molecule has 1 aliphatic heterocycles. The van der Waals surface area contributed by atoms with Crippen LogP contribution >= 0.6 is 11.6 Å². The zero-order valence-corrected chi connectivity index (χ0v) is 17.0. The molecule has 28 heavy (non-hydrogen) atoms. The number of hydrogen-bond donors (Lipinski definition) is 1. The van der Waals surface area contributed by atoms with Crippen molar-refractivity contribution in [2.45, 2.75) is 26.3 Å². The second kappa shape index (κ2) is 9.22. The van der Waals surface area contributed by atoms with Gasteiger partial charge in [-0.25, -0.2) is 4.79 Å². The van der Waals surface area contributed by atoms with Crippen LogP contribution in [-0.4, -0.2) is 37.0 Å². The fraction of sp³-hybridized carbons (Fsp3) is 0.364. The minimum Gasteiger partial charge on any atom is -0.465 e. The average Bonchev–Trinajstić information content (AvgIpc) is 2.71. The summed E-state index contributed by atoms with van der Waals surface area (Å²) in [5, 5.41) is 3.12. The van der Waals surface area contributed by atoms with E-state index in [0.717, 1.165) is 25.6 Å². The molecular weight excluding hydrogens is 376 g/mol. The molecule has 1 heterocycles. The van der Waals surface area contributed by atoms with Crippen LogP contribution in [-0.2, 0) is 11.3 Å². The van der Waals surface area contributed by atoms with E-state index in [2.05, 4.69) is 17.1 Å². The number of benzene rings is 2. The van der Waals surface area contributed by atoms with Crippen molar-refractivity contribution in [3.63, 3.8) is 0 Å². The van der Waals surface area contributed by atoms with E-state index < -0.39 is 5.97 Å². The van der Waals surface area contributed by atoms with Crippen molar-refractivity contribution < 1.29 is 14.3 Å². The first kappa shape index (κ1) is 20.4. The van der Waals surface area contributed by atoms with Crippen LogP contribution in [0.1, 0.15) is 46.0 Å². The Labute approximate surface area is 170 Å². The van der Waals surface area contributed by atoms with Crippen LogP contribution in [0.3, 0.4) is 0 Å². The topological polar surface area (TPSA) is 58.6 Å². The minimum atomic E-state index is -0.483. The highest BCUT2D eigenvalue weighted by molar-refractivity contribution is 6.34. The number of methoxy groups -OCH3 is 1. The standard InChI is InChI=1S/C22H25ClN2O3/c1-15-9-11-25(12-10-15)14-16-3-5-17(6-4-16)21(26)24-20-13-18(22(27)28-2)7-8-19(20)23/h3-8,13,15H,9-12,14H2,1-2H3,(H,24,26). The highest BCUT2D eigenvalue weighted by atomic mass is 35.5. The van der Waals surface area contributed by atoms with Crippen LogP contribution in [0.4, 0.5) is 5.69 Å². The number of halogens is 1. The summed E-state index contributed by atoms with van der Waals surface area (Å²) in [4.78, 5) is 26.7. The number of amides is 1. The van der Waals surface area contributed by atoms with Gasteiger partial charge in [-0.15, -0.1) is 0 Å². The molecule has 0 saturated carbocycles. The lowest BCUT2D eigenvalue weighted by atomic mass is 9.99. The Bertz CT molecular complexity index is 843. The van der Waals surface area contributed by atoms with E-state index in [1.165, 1.54) is 31.6 Å². The van der Waals surface area contributed by atoms with Gasteiger partial charge in [0.05, 0.1) is 23.4 Å². The molecule has 1 amide bonds. The predicted octanol–water partition coefficient (Wildman–Crippen LogP) is 4.61. The summed E-state index contributed by atoms with van der Waals surface area (Å²) in [6.45, 7) is 5.45. The summed E-state index contributed by atoms with van der Waals surface area (Å²) in [5.74, 6) is 0.0534. The SMILES string of the molecule is COC(=O)c1ccc(Cl)c(NC(=O)c2ccc(CN3CCC(C)CC3)cc2)c1. The molecule has 0 unspecified atom stereocenters. The molecule has 0 atom stereocenters. The van der Waals surface area contributed by atoms with Crippen molar-refractivity contribution in [2.24, 2.45) is 5.92 Å². The van der Waals surface area contributed by atoms with Gasteiger partial charge < -0.3 is 10.1 Å². The first-order chi connectivity index (χ1) is 13.5. The van der Waals surface area contributed by atoms with Crippen LogP contribution in [0.5, 0.6) is 0 Å². The third kappa shape index (κ3) is 5.12. The van der Waals surface area contributed by atoms with E-state index in [9.17, 15) is 9.59 Å². The number of ether oxygens (including phenoxy) is 1. The summed E-state index contributed by atoms with van der Waals surface area (Å²) >= 11 is 6.15. The smallest absolute Gasteiger partial charge is 0.337 e. The Balaban J connectivity index is 1.64. The fourth-order valence-electron chi connectivity index (χ4n) is 3.30. The third-order valence-electron chi connectivity index (χ3n) is 5.13. The molecule has 148 valence electrons. The van der Waals surface area contributed by atoms with E-state index in [1.54, 1.807) is 12.1 Å². The number of nitrogens with one attached hydrogen (secondary N) is 1. The first-order valence-corrected chi connectivity index (χ1v) is 9.84. The number of piperidine rings is 1. The Hall–Kier alpha value is -2.37. The van der Waals surface area contributed by atoms with Gasteiger partial charge in [0.25, 0.3) is 5.91 Å². The third-order valence-corrected chi connectivity index (χ3v) is 5.46. The Morgan fingerprint density at radius 1 is 1.11 bits per heavy atom. The second-order valence-corrected chi connectivity index (χ2v) is 7.70. The van der Waals surface area contributed by atoms with E-state index in [-0.39, 0.29) is 5.91 Å². The van der Waals surface area contributed by atoms with E-state index in [4.69, 9.17) is 16.3 Å². The fourth-order valence-corrected chi connectivity index (χ4v) is 3.47. The molecule has 2 aromatic carbocycles. The normalized spacial score (nSPS) is 15.2. The summed E-state index contributed by atoms with van der Waals surface area (Å²) < 4.78 is 4.70. The number of hydrogen-bond acceptors (Lipinski definition) is 4. The lowest BCUT2D eigenvalue weighted by Crippen LogP contribution is -2.32. The number of esters is 1. The van der Waals surface area contributed by atoms with Crippen LogP contribution in [0.15, 0.2) is 42.5 Å². The molecule has 1 saturated heterocycles. The van der Waals surface area contributed by atoms with Crippen molar-refractivity contribution in [3.8, 4) is 0 Å². The van der Waals surface area contributed by atoms with Crippen molar-refractivity contribution in [1.82, 2.24) is 4.90 Å². The molecule has 0 spiro atoms. The van der Waals surface area contributed by atoms with Crippen molar-refractivity contribution in [2.75, 3.05) is 25.5 Å². The highest BCUT2D eigenvalue weighted by Crippen LogP contribution is 2.24. The monoisotopic (exact) mass is 400 g/mol. The van der Waals surface area contributed by atoms with Gasteiger partial charge >= 0.3 is 5.97 Å². The quantitative estimate of drug-likeness (QED) is 0.744. The van der Waals surface area contributed by atoms with E-state index in [0.29, 0.717) is 21.8 Å². The van der Waals surface area contributed by atoms with E-state index in [1.807, 2.05) is 24.3 Å². The lowest BCUT2D eigenvalue weighted by Gasteiger charge is -2.30. The number of nitrogens with zero attached hydrogens (tertiary/aromatic N) is 1. The van der Waals surface area contributed by atoms with Gasteiger partial charge in [-0.1, -0.05) is 30.7 Å². The Morgan fingerprint density at radius 3 is 2.39 bits per heavy atom. The molecular formula is C22H25ClN2O3. The molecule has 2 aromatic rings. The number of carbonyl (C=O) groups is 2. The van der Waals surface area contributed by atoms with Gasteiger partial charge in [-0.05, 0) is 67.7 Å². The van der Waals surface area contributed by atoms with Gasteiger partial charge in [0.2, 0.25) is 0 Å². The first-order valence-electron chi connectivity index (χ1n) is 9.47. The number of carbonyl (C=O) groups excluding carboxylic acids is 2. The molecule has 1 aliphatic rings. The lowest BCUT2D eigenvalue weighted by molar-refractivity contribution is 0.0600. The molecule has 1 fully saturated rings. The molecule has 1 N–H and O–H groups in total. The Kier molecular flexibility index (Phi) is 6.70. The van der Waals surface area contributed by atoms with Crippen LogP contribution in [0, 0.1) is 5.92 Å². The van der Waals surface area contributed by atoms with Gasteiger partial charge in [0, 0.05) is 12.1 Å². The maximum atomic E-state index is 12.6. The van der Waals surface area contributed by atoms with Crippen molar-refractivity contribution in [3.05, 3.63) is 64.2 Å². The molecule has 5 nitrogen and oxygen atoms in total. The molecule has 3 rings (SSSR count). The summed E-state index contributed by atoms with van der Waals surface area (Å²) in [5.41, 5.74) is 2.43. The van der Waals surface area contributed by atoms with Gasteiger partial charge in [0.1, 0.15) is 0 Å². The van der Waals surface area contributed by atoms with Crippen molar-refractivity contribution >= 4 is 29.2 Å². The molecule has 0 aromatic heterocycles. The summed E-state index contributed by atoms with van der Waals surface area (Å²) in [6.07, 6.45) is 2.48. The second-order valence-electron chi connectivity index (χ2n) is 7.30. The molecule has 0 bridgehead atoms. The maximum absolute atomic E-state index is 12.6. The van der Waals surface area contributed by atoms with Crippen LogP contribution in [0.2, 0.25) is 5.02 Å². The predicted molar refractivity (Wildman–Crippen MR) is 111 cm³/mol. The number of anilines is 1. The maximum Gasteiger partial charge on any atom is 0.337 e. The van der Waals surface area contributed by atoms with E-state index >= 15 is 0 Å². The summed E-state index contributed by atoms with van der Waals surface area (Å²) in [6, 6.07) is 12.2. The van der Waals surface area contributed by atoms with Crippen molar-refractivity contribution in [1.29, 1.82) is 0 Å². The zero-order valence-electron chi connectivity index (χ0n) is 16.2. The largest absolute Gasteiger partial charge is 0.465 e. The molecule has 0 aliphatic carbocycles. The molecule has 6 heteroatoms. The minimum absolute atomic E-state index is 0.276. The summed E-state index contributed by atoms with van der Waals surface area (Å²) in [7, 11) is 1.31. The molecule has 0 radical (unpaired) electrons. The van der Waals surface area contributed by atoms with Gasteiger partial charge in [0.15, 0.2) is 0 Å². The van der Waals surface area contributed by atoms with Gasteiger partial charge in [-0.3, -0.25) is 9.69 Å². The zero-order chi connectivity index (χ0) is 20.1. The van der Waals surface area contributed by atoms with Crippen LogP contribution < -0.4 is 5.32 Å².